The first-order valence-electron chi connectivity index (χ1n) is 7.44. The van der Waals surface area contributed by atoms with E-state index in [9.17, 15) is 4.79 Å². The average Bonchev–Trinajstić information content (AvgIpc) is 2.42. The summed E-state index contributed by atoms with van der Waals surface area (Å²) in [5.74, 6) is 0.0530. The van der Waals surface area contributed by atoms with Gasteiger partial charge in [0.05, 0.1) is 0 Å². The zero-order chi connectivity index (χ0) is 14.5. The molecule has 1 amide bonds. The van der Waals surface area contributed by atoms with E-state index >= 15 is 0 Å². The van der Waals surface area contributed by atoms with Crippen molar-refractivity contribution in [2.75, 3.05) is 30.8 Å². The second-order valence-electron chi connectivity index (χ2n) is 5.68. The van der Waals surface area contributed by atoms with Crippen LogP contribution in [0, 0.1) is 6.92 Å². The highest BCUT2D eigenvalue weighted by molar-refractivity contribution is 5.91. The number of benzene rings is 1. The van der Waals surface area contributed by atoms with Crippen LogP contribution in [-0.2, 0) is 4.79 Å². The lowest BCUT2D eigenvalue weighted by Gasteiger charge is -2.31. The molecular formula is C16H25N3O. The summed E-state index contributed by atoms with van der Waals surface area (Å²) in [4.78, 5) is 13.8. The van der Waals surface area contributed by atoms with E-state index in [2.05, 4.69) is 35.6 Å². The summed E-state index contributed by atoms with van der Waals surface area (Å²) < 4.78 is 0. The molecule has 0 aromatic heterocycles. The Morgan fingerprint density at radius 2 is 2.25 bits per heavy atom. The van der Waals surface area contributed by atoms with Crippen LogP contribution in [0.2, 0.25) is 0 Å². The summed E-state index contributed by atoms with van der Waals surface area (Å²) >= 11 is 0. The molecule has 110 valence electrons. The van der Waals surface area contributed by atoms with Crippen LogP contribution >= 0.6 is 0 Å². The molecule has 2 N–H and O–H groups in total. The van der Waals surface area contributed by atoms with Crippen LogP contribution < -0.4 is 10.6 Å². The molecule has 1 aromatic carbocycles. The summed E-state index contributed by atoms with van der Waals surface area (Å²) in [6, 6.07) is 6.54. The number of carbonyl (C=O) groups excluding carboxylic acids is 1. The maximum Gasteiger partial charge on any atom is 0.224 e. The standard InChI is InChI=1S/C16H25N3O/c1-4-16(20)18-13-8-7-12(2)15(10-13)17-14-6-5-9-19(3)11-14/h7-8,10,14,17H,4-6,9,11H2,1-3H3,(H,18,20). The summed E-state index contributed by atoms with van der Waals surface area (Å²) in [5.41, 5.74) is 3.21. The van der Waals surface area contributed by atoms with Gasteiger partial charge in [-0.2, -0.15) is 0 Å². The summed E-state index contributed by atoms with van der Waals surface area (Å²) in [6.45, 7) is 6.22. The van der Waals surface area contributed by atoms with Gasteiger partial charge in [-0.25, -0.2) is 0 Å². The Morgan fingerprint density at radius 3 is 2.95 bits per heavy atom. The van der Waals surface area contributed by atoms with Crippen LogP contribution in [0.4, 0.5) is 11.4 Å². The minimum atomic E-state index is 0.0530. The lowest BCUT2D eigenvalue weighted by atomic mass is 10.0. The quantitative estimate of drug-likeness (QED) is 0.888. The van der Waals surface area contributed by atoms with E-state index in [1.54, 1.807) is 0 Å². The SMILES string of the molecule is CCC(=O)Nc1ccc(C)c(NC2CCCN(C)C2)c1. The third kappa shape index (κ3) is 3.97. The van der Waals surface area contributed by atoms with Gasteiger partial charge in [0.2, 0.25) is 5.91 Å². The number of anilines is 2. The zero-order valence-electron chi connectivity index (χ0n) is 12.7. The van der Waals surface area contributed by atoms with E-state index in [-0.39, 0.29) is 5.91 Å². The molecule has 2 rings (SSSR count). The van der Waals surface area contributed by atoms with Crippen LogP contribution in [0.15, 0.2) is 18.2 Å². The van der Waals surface area contributed by atoms with Crippen molar-refractivity contribution in [3.63, 3.8) is 0 Å². The Labute approximate surface area is 121 Å². The molecule has 1 aliphatic rings. The molecule has 4 nitrogen and oxygen atoms in total. The van der Waals surface area contributed by atoms with Gasteiger partial charge in [-0.1, -0.05) is 13.0 Å². The molecule has 20 heavy (non-hydrogen) atoms. The smallest absolute Gasteiger partial charge is 0.224 e. The second kappa shape index (κ2) is 6.75. The normalized spacial score (nSPS) is 19.6. The van der Waals surface area contributed by atoms with Crippen molar-refractivity contribution in [3.05, 3.63) is 23.8 Å². The van der Waals surface area contributed by atoms with E-state index in [0.29, 0.717) is 12.5 Å². The first-order chi connectivity index (χ1) is 9.58. The third-order valence-electron chi connectivity index (χ3n) is 3.83. The highest BCUT2D eigenvalue weighted by atomic mass is 16.1. The monoisotopic (exact) mass is 275 g/mol. The molecule has 0 saturated carbocycles. The molecule has 1 aromatic rings. The lowest BCUT2D eigenvalue weighted by molar-refractivity contribution is -0.115. The molecular weight excluding hydrogens is 250 g/mol. The summed E-state index contributed by atoms with van der Waals surface area (Å²) in [7, 11) is 2.17. The van der Waals surface area contributed by atoms with Crippen molar-refractivity contribution in [3.8, 4) is 0 Å². The van der Waals surface area contributed by atoms with Crippen molar-refractivity contribution in [1.82, 2.24) is 4.90 Å². The number of nitrogens with zero attached hydrogens (tertiary/aromatic N) is 1. The van der Waals surface area contributed by atoms with Crippen molar-refractivity contribution < 1.29 is 4.79 Å². The molecule has 0 spiro atoms. The van der Waals surface area contributed by atoms with Crippen LogP contribution in [0.5, 0.6) is 0 Å². The number of hydrogen-bond donors (Lipinski definition) is 2. The van der Waals surface area contributed by atoms with Gasteiger partial charge >= 0.3 is 0 Å². The van der Waals surface area contributed by atoms with Gasteiger partial charge in [0, 0.05) is 30.4 Å². The maximum atomic E-state index is 11.5. The molecule has 0 aliphatic carbocycles. The number of aryl methyl sites for hydroxylation is 1. The number of hydrogen-bond acceptors (Lipinski definition) is 3. The molecule has 1 aliphatic heterocycles. The molecule has 4 heteroatoms. The number of carbonyl (C=O) groups is 1. The fourth-order valence-electron chi connectivity index (χ4n) is 2.61. The fourth-order valence-corrected chi connectivity index (χ4v) is 2.61. The number of likely N-dealkylation sites (tertiary alicyclic amines) is 1. The van der Waals surface area contributed by atoms with E-state index in [1.165, 1.54) is 24.9 Å². The summed E-state index contributed by atoms with van der Waals surface area (Å²) in [6.07, 6.45) is 2.94. The first kappa shape index (κ1) is 14.9. The molecule has 1 saturated heterocycles. The van der Waals surface area contributed by atoms with Crippen molar-refractivity contribution in [2.24, 2.45) is 0 Å². The van der Waals surface area contributed by atoms with Crippen LogP contribution in [0.25, 0.3) is 0 Å². The highest BCUT2D eigenvalue weighted by Gasteiger charge is 2.17. The van der Waals surface area contributed by atoms with Gasteiger partial charge in [-0.05, 0) is 51.1 Å². The highest BCUT2D eigenvalue weighted by Crippen LogP contribution is 2.23. The van der Waals surface area contributed by atoms with Crippen molar-refractivity contribution in [2.45, 2.75) is 39.2 Å². The number of likely N-dealkylation sites (N-methyl/N-ethyl adjacent to an activating group) is 1. The summed E-state index contributed by atoms with van der Waals surface area (Å²) in [5, 5.41) is 6.53. The van der Waals surface area contributed by atoms with Gasteiger partial charge < -0.3 is 15.5 Å². The molecule has 1 fully saturated rings. The average molecular weight is 275 g/mol. The van der Waals surface area contributed by atoms with Gasteiger partial charge in [-0.15, -0.1) is 0 Å². The number of amides is 1. The Bertz CT molecular complexity index is 473. The second-order valence-corrected chi connectivity index (χ2v) is 5.68. The fraction of sp³-hybridized carbons (Fsp3) is 0.562. The molecule has 0 bridgehead atoms. The Balaban J connectivity index is 2.06. The molecule has 1 heterocycles. The van der Waals surface area contributed by atoms with Gasteiger partial charge in [0.15, 0.2) is 0 Å². The topological polar surface area (TPSA) is 44.4 Å². The van der Waals surface area contributed by atoms with Crippen LogP contribution in [0.1, 0.15) is 31.7 Å². The molecule has 1 atom stereocenters. The van der Waals surface area contributed by atoms with Gasteiger partial charge in [-0.3, -0.25) is 4.79 Å². The van der Waals surface area contributed by atoms with E-state index in [1.807, 2.05) is 19.1 Å². The number of rotatable bonds is 4. The van der Waals surface area contributed by atoms with Crippen LogP contribution in [-0.4, -0.2) is 37.0 Å². The van der Waals surface area contributed by atoms with Crippen LogP contribution in [0.3, 0.4) is 0 Å². The lowest BCUT2D eigenvalue weighted by Crippen LogP contribution is -2.39. The third-order valence-corrected chi connectivity index (χ3v) is 3.83. The molecule has 0 radical (unpaired) electrons. The Kier molecular flexibility index (Phi) is 5.01. The predicted octanol–water partition coefficient (Wildman–Crippen LogP) is 2.85. The first-order valence-corrected chi connectivity index (χ1v) is 7.44. The Hall–Kier alpha value is -1.55. The van der Waals surface area contributed by atoms with Gasteiger partial charge in [0.1, 0.15) is 0 Å². The Morgan fingerprint density at radius 1 is 1.45 bits per heavy atom. The van der Waals surface area contributed by atoms with Crippen molar-refractivity contribution in [1.29, 1.82) is 0 Å². The van der Waals surface area contributed by atoms with Gasteiger partial charge in [0.25, 0.3) is 0 Å². The minimum absolute atomic E-state index is 0.0530. The number of nitrogens with one attached hydrogen (secondary N) is 2. The zero-order valence-corrected chi connectivity index (χ0v) is 12.7. The van der Waals surface area contributed by atoms with Crippen molar-refractivity contribution >= 4 is 17.3 Å². The molecule has 1 unspecified atom stereocenters. The minimum Gasteiger partial charge on any atom is -0.381 e. The van der Waals surface area contributed by atoms with E-state index in [0.717, 1.165) is 17.9 Å². The van der Waals surface area contributed by atoms with E-state index in [4.69, 9.17) is 0 Å². The maximum absolute atomic E-state index is 11.5. The van der Waals surface area contributed by atoms with E-state index < -0.39 is 0 Å². The largest absolute Gasteiger partial charge is 0.381 e. The predicted molar refractivity (Wildman–Crippen MR) is 84.2 cm³/mol. The number of piperidine rings is 1.